The Balaban J connectivity index is 1.65. The van der Waals surface area contributed by atoms with Crippen LogP contribution in [0.25, 0.3) is 0 Å². The average molecular weight is 577 g/mol. The van der Waals surface area contributed by atoms with Crippen LogP contribution in [0.3, 0.4) is 0 Å². The van der Waals surface area contributed by atoms with Crippen LogP contribution in [0.2, 0.25) is 0 Å². The van der Waals surface area contributed by atoms with Crippen molar-refractivity contribution < 1.29 is 38.1 Å². The minimum Gasteiger partial charge on any atom is -0.466 e. The van der Waals surface area contributed by atoms with E-state index in [-0.39, 0.29) is 88.5 Å². The van der Waals surface area contributed by atoms with Crippen LogP contribution in [0.1, 0.15) is 113 Å². The van der Waals surface area contributed by atoms with Crippen molar-refractivity contribution in [2.24, 2.45) is 46.3 Å². The molecule has 0 radical (unpaired) electrons. The first-order valence-corrected chi connectivity index (χ1v) is 16.0. The summed E-state index contributed by atoms with van der Waals surface area (Å²) in [7, 11) is 0. The van der Waals surface area contributed by atoms with Gasteiger partial charge in [0.15, 0.2) is 0 Å². The number of carbonyl (C=O) groups excluding carboxylic acids is 4. The maximum absolute atomic E-state index is 12.5. The first-order valence-electron chi connectivity index (χ1n) is 16.0. The second-order valence-corrected chi connectivity index (χ2v) is 14.0. The zero-order chi connectivity index (χ0) is 30.1. The zero-order valence-electron chi connectivity index (χ0n) is 26.2. The Bertz CT molecular complexity index is 994. The minimum atomic E-state index is -0.282. The molecule has 4 unspecified atom stereocenters. The summed E-state index contributed by atoms with van der Waals surface area (Å²) >= 11 is 0. The summed E-state index contributed by atoms with van der Waals surface area (Å²) in [6, 6.07) is 0. The second-order valence-electron chi connectivity index (χ2n) is 14.0. The molecule has 232 valence electrons. The van der Waals surface area contributed by atoms with Crippen LogP contribution >= 0.6 is 0 Å². The van der Waals surface area contributed by atoms with Gasteiger partial charge in [-0.25, -0.2) is 0 Å². The van der Waals surface area contributed by atoms with E-state index in [1.165, 1.54) is 20.8 Å². The quantitative estimate of drug-likeness (QED) is 0.242. The van der Waals surface area contributed by atoms with Crippen LogP contribution in [-0.4, -0.2) is 48.8 Å². The molecular weight excluding hydrogens is 524 g/mol. The van der Waals surface area contributed by atoms with Crippen LogP contribution in [0.5, 0.6) is 0 Å². The summed E-state index contributed by atoms with van der Waals surface area (Å²) in [5, 5.41) is 0. The molecule has 0 aromatic heterocycles. The average Bonchev–Trinajstić information content (AvgIpc) is 3.24. The number of esters is 4. The highest BCUT2D eigenvalue weighted by molar-refractivity contribution is 5.69. The van der Waals surface area contributed by atoms with E-state index in [9.17, 15) is 19.2 Å². The van der Waals surface area contributed by atoms with E-state index < -0.39 is 0 Å². The van der Waals surface area contributed by atoms with Gasteiger partial charge < -0.3 is 18.9 Å². The molecule has 4 rings (SSSR count). The van der Waals surface area contributed by atoms with Crippen LogP contribution in [0.15, 0.2) is 0 Å². The van der Waals surface area contributed by atoms with E-state index >= 15 is 0 Å². The zero-order valence-corrected chi connectivity index (χ0v) is 26.2. The predicted molar refractivity (Wildman–Crippen MR) is 152 cm³/mol. The molecule has 8 nitrogen and oxygen atoms in total. The number of hydrogen-bond donors (Lipinski definition) is 0. The third kappa shape index (κ3) is 6.31. The largest absolute Gasteiger partial charge is 0.466 e. The van der Waals surface area contributed by atoms with E-state index in [1.54, 1.807) is 0 Å². The Labute approximate surface area is 245 Å². The highest BCUT2D eigenvalue weighted by Gasteiger charge is 2.67. The Kier molecular flexibility index (Phi) is 9.80. The lowest BCUT2D eigenvalue weighted by Gasteiger charge is -2.64. The molecule has 0 bridgehead atoms. The number of fused-ring (bicyclic) bond motifs is 5. The van der Waals surface area contributed by atoms with Gasteiger partial charge >= 0.3 is 23.9 Å². The highest BCUT2D eigenvalue weighted by atomic mass is 16.6. The number of hydrogen-bond acceptors (Lipinski definition) is 8. The summed E-state index contributed by atoms with van der Waals surface area (Å²) in [6.07, 6.45) is 7.37. The molecule has 0 aromatic carbocycles. The van der Waals surface area contributed by atoms with Crippen molar-refractivity contribution in [2.45, 2.75) is 131 Å². The lowest BCUT2D eigenvalue weighted by atomic mass is 9.43. The lowest BCUT2D eigenvalue weighted by molar-refractivity contribution is -0.224. The monoisotopic (exact) mass is 576 g/mol. The van der Waals surface area contributed by atoms with Crippen LogP contribution in [-0.2, 0) is 38.1 Å². The summed E-state index contributed by atoms with van der Waals surface area (Å²) in [6.45, 7) is 13.8. The fourth-order valence-electron chi connectivity index (χ4n) is 9.95. The summed E-state index contributed by atoms with van der Waals surface area (Å²) < 4.78 is 23.3. The Morgan fingerprint density at radius 2 is 1.54 bits per heavy atom. The normalized spacial score (nSPS) is 40.3. The molecule has 41 heavy (non-hydrogen) atoms. The van der Waals surface area contributed by atoms with Gasteiger partial charge in [-0.3, -0.25) is 19.2 Å². The van der Waals surface area contributed by atoms with Gasteiger partial charge in [0.2, 0.25) is 0 Å². The fraction of sp³-hybridized carbons (Fsp3) is 0.879. The van der Waals surface area contributed by atoms with Crippen LogP contribution < -0.4 is 0 Å². The first-order chi connectivity index (χ1) is 19.3. The van der Waals surface area contributed by atoms with E-state index in [4.69, 9.17) is 18.9 Å². The molecule has 4 aliphatic carbocycles. The molecule has 8 heteroatoms. The van der Waals surface area contributed by atoms with Gasteiger partial charge in [-0.05, 0) is 92.8 Å². The smallest absolute Gasteiger partial charge is 0.305 e. The molecule has 0 saturated heterocycles. The Morgan fingerprint density at radius 3 is 2.17 bits per heavy atom. The van der Waals surface area contributed by atoms with Gasteiger partial charge in [-0.1, -0.05) is 27.7 Å². The third-order valence-electron chi connectivity index (χ3n) is 11.7. The number of ether oxygens (including phenoxy) is 4. The van der Waals surface area contributed by atoms with Gasteiger partial charge in [-0.15, -0.1) is 0 Å². The third-order valence-corrected chi connectivity index (χ3v) is 11.7. The maximum atomic E-state index is 12.5. The Morgan fingerprint density at radius 1 is 0.854 bits per heavy atom. The van der Waals surface area contributed by atoms with Crippen molar-refractivity contribution in [1.29, 1.82) is 0 Å². The summed E-state index contributed by atoms with van der Waals surface area (Å²) in [4.78, 5) is 49.0. The molecular formula is C33H52O8. The minimum absolute atomic E-state index is 0.0234. The topological polar surface area (TPSA) is 105 Å². The standard InChI is InChI=1S/C33H52O8/c1-8-15-38-30(37)12-9-19(2)25-10-11-26-31-27(18-29(33(25,26)7)41-22(5)36)32(6)14-13-24(39-20(3)34)16-23(32)17-28(31)40-21(4)35/h19,23-29,31H,8-18H2,1-7H3/t19-,23?,24?,25-,26+,27+,28?,29?,31+,32+,33-/m1/s1. The molecule has 0 aliphatic heterocycles. The highest BCUT2D eigenvalue weighted by Crippen LogP contribution is 2.69. The molecule has 11 atom stereocenters. The van der Waals surface area contributed by atoms with Gasteiger partial charge in [0.05, 0.1) is 6.61 Å². The second kappa shape index (κ2) is 12.6. The van der Waals surface area contributed by atoms with Crippen molar-refractivity contribution >= 4 is 23.9 Å². The van der Waals surface area contributed by atoms with Gasteiger partial charge in [0, 0.05) is 38.5 Å². The van der Waals surface area contributed by atoms with Crippen molar-refractivity contribution in [3.05, 3.63) is 0 Å². The predicted octanol–water partition coefficient (Wildman–Crippen LogP) is 6.03. The molecule has 0 amide bonds. The molecule has 4 aliphatic rings. The van der Waals surface area contributed by atoms with Gasteiger partial charge in [0.25, 0.3) is 0 Å². The fourth-order valence-corrected chi connectivity index (χ4v) is 9.95. The molecule has 4 saturated carbocycles. The first kappa shape index (κ1) is 31.8. The molecule has 0 heterocycles. The van der Waals surface area contributed by atoms with E-state index in [0.717, 1.165) is 57.8 Å². The van der Waals surface area contributed by atoms with Crippen molar-refractivity contribution in [2.75, 3.05) is 6.61 Å². The summed E-state index contributed by atoms with van der Waals surface area (Å²) in [5.74, 6) is 0.494. The molecule has 0 aromatic rings. The Hall–Kier alpha value is -2.12. The SMILES string of the molecule is CCCOC(=O)CC[C@@H](C)[C@H]1CC[C@H]2[C@@H]3C(OC(C)=O)CC4CC(OC(C)=O)CC[C@]4(C)[C@H]3CC(OC(C)=O)[C@]12C. The number of rotatable bonds is 9. The maximum Gasteiger partial charge on any atom is 0.305 e. The molecule has 0 spiro atoms. The van der Waals surface area contributed by atoms with E-state index in [0.29, 0.717) is 13.0 Å². The van der Waals surface area contributed by atoms with Crippen molar-refractivity contribution in [3.8, 4) is 0 Å². The lowest BCUT2D eigenvalue weighted by Crippen LogP contribution is -2.63. The molecule has 0 N–H and O–H groups in total. The number of carbonyl (C=O) groups is 4. The van der Waals surface area contributed by atoms with Gasteiger partial charge in [0.1, 0.15) is 18.3 Å². The van der Waals surface area contributed by atoms with Crippen molar-refractivity contribution in [3.63, 3.8) is 0 Å². The summed E-state index contributed by atoms with van der Waals surface area (Å²) in [5.41, 5.74) is -0.305. The van der Waals surface area contributed by atoms with Crippen LogP contribution in [0.4, 0.5) is 0 Å². The van der Waals surface area contributed by atoms with Gasteiger partial charge in [-0.2, -0.15) is 0 Å². The van der Waals surface area contributed by atoms with E-state index in [1.807, 2.05) is 6.92 Å². The van der Waals surface area contributed by atoms with Crippen molar-refractivity contribution in [1.82, 2.24) is 0 Å². The van der Waals surface area contributed by atoms with Crippen LogP contribution in [0, 0.1) is 46.3 Å². The van der Waals surface area contributed by atoms with E-state index in [2.05, 4.69) is 20.8 Å². The molecule has 4 fully saturated rings.